The molecular weight excluding hydrogens is 262 g/mol. The Bertz CT molecular complexity index is 408. The smallest absolute Gasteiger partial charge is 0.0900 e. The summed E-state index contributed by atoms with van der Waals surface area (Å²) in [5.41, 5.74) is 2.42. The SMILES string of the molecule is Cc1ccc(COC[C@@H](O)CN2C[C@H](C)C[C@H](C)C2)cc1. The van der Waals surface area contributed by atoms with Crippen molar-refractivity contribution in [1.82, 2.24) is 4.90 Å². The summed E-state index contributed by atoms with van der Waals surface area (Å²) in [6, 6.07) is 8.34. The summed E-state index contributed by atoms with van der Waals surface area (Å²) < 4.78 is 5.64. The fraction of sp³-hybridized carbons (Fsp3) is 0.667. The van der Waals surface area contributed by atoms with E-state index in [-0.39, 0.29) is 0 Å². The molecule has 3 heteroatoms. The Morgan fingerprint density at radius 2 is 1.81 bits per heavy atom. The maximum absolute atomic E-state index is 10.1. The normalized spacial score (nSPS) is 25.0. The van der Waals surface area contributed by atoms with Crippen LogP contribution in [0.1, 0.15) is 31.4 Å². The number of aliphatic hydroxyl groups is 1. The van der Waals surface area contributed by atoms with Crippen molar-refractivity contribution < 1.29 is 9.84 Å². The number of hydrogen-bond donors (Lipinski definition) is 1. The molecule has 0 aromatic heterocycles. The van der Waals surface area contributed by atoms with Gasteiger partial charge in [-0.25, -0.2) is 0 Å². The summed E-state index contributed by atoms with van der Waals surface area (Å²) in [7, 11) is 0. The Morgan fingerprint density at radius 3 is 2.43 bits per heavy atom. The number of β-amino-alcohol motifs (C(OH)–C–C–N with tert-alkyl or cyclic N) is 1. The molecule has 3 nitrogen and oxygen atoms in total. The topological polar surface area (TPSA) is 32.7 Å². The van der Waals surface area contributed by atoms with Crippen LogP contribution in [0.4, 0.5) is 0 Å². The van der Waals surface area contributed by atoms with Crippen molar-refractivity contribution >= 4 is 0 Å². The summed E-state index contributed by atoms with van der Waals surface area (Å²) in [6.45, 7) is 10.6. The molecular formula is C18H29NO2. The van der Waals surface area contributed by atoms with E-state index in [1.165, 1.54) is 12.0 Å². The van der Waals surface area contributed by atoms with Crippen LogP contribution < -0.4 is 0 Å². The number of rotatable bonds is 6. The average molecular weight is 291 g/mol. The summed E-state index contributed by atoms with van der Waals surface area (Å²) in [4.78, 5) is 2.37. The largest absolute Gasteiger partial charge is 0.389 e. The number of benzene rings is 1. The number of nitrogens with zero attached hydrogens (tertiary/aromatic N) is 1. The molecule has 21 heavy (non-hydrogen) atoms. The van der Waals surface area contributed by atoms with E-state index >= 15 is 0 Å². The first-order valence-electron chi connectivity index (χ1n) is 8.06. The Labute approximate surface area is 128 Å². The Balaban J connectivity index is 1.67. The molecule has 0 unspecified atom stereocenters. The molecule has 1 aromatic rings. The van der Waals surface area contributed by atoms with E-state index in [1.807, 2.05) is 0 Å². The molecule has 3 atom stereocenters. The van der Waals surface area contributed by atoms with Crippen LogP contribution in [0.15, 0.2) is 24.3 Å². The van der Waals surface area contributed by atoms with E-state index < -0.39 is 6.10 Å². The average Bonchev–Trinajstić information content (AvgIpc) is 2.39. The number of hydrogen-bond acceptors (Lipinski definition) is 3. The molecule has 1 saturated heterocycles. The van der Waals surface area contributed by atoms with Gasteiger partial charge in [0.1, 0.15) is 0 Å². The number of piperidine rings is 1. The van der Waals surface area contributed by atoms with E-state index in [4.69, 9.17) is 4.74 Å². The molecule has 1 N–H and O–H groups in total. The minimum absolute atomic E-state index is 0.395. The van der Waals surface area contributed by atoms with Crippen LogP contribution in [0.5, 0.6) is 0 Å². The third-order valence-corrected chi connectivity index (χ3v) is 4.11. The van der Waals surface area contributed by atoms with E-state index in [1.54, 1.807) is 0 Å². The zero-order chi connectivity index (χ0) is 15.2. The molecule has 1 fully saturated rings. The number of aliphatic hydroxyl groups excluding tert-OH is 1. The van der Waals surface area contributed by atoms with E-state index in [0.29, 0.717) is 13.2 Å². The van der Waals surface area contributed by atoms with Gasteiger partial charge < -0.3 is 14.7 Å². The standard InChI is InChI=1S/C18H29NO2/c1-14-4-6-17(7-5-14)12-21-13-18(20)11-19-9-15(2)8-16(3)10-19/h4-7,15-16,18,20H,8-13H2,1-3H3/t15-,16+,18-/m0/s1. The van der Waals surface area contributed by atoms with Crippen molar-refractivity contribution in [3.8, 4) is 0 Å². The van der Waals surface area contributed by atoms with Gasteiger partial charge >= 0.3 is 0 Å². The molecule has 0 saturated carbocycles. The molecule has 1 aliphatic heterocycles. The van der Waals surface area contributed by atoms with Gasteiger partial charge in [0.05, 0.1) is 19.3 Å². The predicted molar refractivity (Wildman–Crippen MR) is 86.2 cm³/mol. The van der Waals surface area contributed by atoms with Crippen LogP contribution in [0, 0.1) is 18.8 Å². The molecule has 0 aliphatic carbocycles. The van der Waals surface area contributed by atoms with Crippen LogP contribution in [0.25, 0.3) is 0 Å². The highest BCUT2D eigenvalue weighted by Gasteiger charge is 2.23. The fourth-order valence-corrected chi connectivity index (χ4v) is 3.29. The first-order valence-corrected chi connectivity index (χ1v) is 8.06. The van der Waals surface area contributed by atoms with Crippen LogP contribution >= 0.6 is 0 Å². The quantitative estimate of drug-likeness (QED) is 0.875. The monoisotopic (exact) mass is 291 g/mol. The summed E-state index contributed by atoms with van der Waals surface area (Å²) in [6.07, 6.45) is 0.907. The highest BCUT2D eigenvalue weighted by molar-refractivity contribution is 5.20. The van der Waals surface area contributed by atoms with Crippen molar-refractivity contribution in [2.75, 3.05) is 26.2 Å². The van der Waals surface area contributed by atoms with Gasteiger partial charge in [0, 0.05) is 19.6 Å². The molecule has 0 radical (unpaired) electrons. The first kappa shape index (κ1) is 16.5. The first-order chi connectivity index (χ1) is 10.0. The summed E-state index contributed by atoms with van der Waals surface area (Å²) in [5, 5.41) is 10.1. The molecule has 1 heterocycles. The maximum atomic E-state index is 10.1. The second-order valence-corrected chi connectivity index (χ2v) is 6.82. The molecule has 118 valence electrons. The van der Waals surface area contributed by atoms with Gasteiger partial charge in [0.2, 0.25) is 0 Å². The fourth-order valence-electron chi connectivity index (χ4n) is 3.29. The van der Waals surface area contributed by atoms with Gasteiger partial charge in [0.25, 0.3) is 0 Å². The highest BCUT2D eigenvalue weighted by atomic mass is 16.5. The van der Waals surface area contributed by atoms with Crippen molar-refractivity contribution in [1.29, 1.82) is 0 Å². The van der Waals surface area contributed by atoms with Crippen molar-refractivity contribution in [3.05, 3.63) is 35.4 Å². The maximum Gasteiger partial charge on any atom is 0.0900 e. The second kappa shape index (κ2) is 7.92. The molecule has 2 rings (SSSR count). The van der Waals surface area contributed by atoms with Crippen molar-refractivity contribution in [3.63, 3.8) is 0 Å². The lowest BCUT2D eigenvalue weighted by Gasteiger charge is -2.35. The lowest BCUT2D eigenvalue weighted by molar-refractivity contribution is -0.000895. The third kappa shape index (κ3) is 5.77. The molecule has 0 amide bonds. The van der Waals surface area contributed by atoms with E-state index in [2.05, 4.69) is 49.9 Å². The van der Waals surface area contributed by atoms with Crippen LogP contribution in [0.3, 0.4) is 0 Å². The zero-order valence-electron chi connectivity index (χ0n) is 13.6. The second-order valence-electron chi connectivity index (χ2n) is 6.82. The van der Waals surface area contributed by atoms with Crippen LogP contribution in [0.2, 0.25) is 0 Å². The Morgan fingerprint density at radius 1 is 1.19 bits per heavy atom. The van der Waals surface area contributed by atoms with Crippen molar-refractivity contribution in [2.24, 2.45) is 11.8 Å². The minimum Gasteiger partial charge on any atom is -0.389 e. The lowest BCUT2D eigenvalue weighted by atomic mass is 9.92. The van der Waals surface area contributed by atoms with Gasteiger partial charge in [-0.05, 0) is 30.7 Å². The number of ether oxygens (including phenoxy) is 1. The highest BCUT2D eigenvalue weighted by Crippen LogP contribution is 2.20. The van der Waals surface area contributed by atoms with Crippen molar-refractivity contribution in [2.45, 2.75) is 39.9 Å². The van der Waals surface area contributed by atoms with E-state index in [9.17, 15) is 5.11 Å². The van der Waals surface area contributed by atoms with Gasteiger partial charge in [-0.3, -0.25) is 0 Å². The van der Waals surface area contributed by atoms with Gasteiger partial charge in [-0.15, -0.1) is 0 Å². The Kier molecular flexibility index (Phi) is 6.22. The minimum atomic E-state index is -0.395. The van der Waals surface area contributed by atoms with Crippen LogP contribution in [-0.2, 0) is 11.3 Å². The Hall–Kier alpha value is -0.900. The van der Waals surface area contributed by atoms with Crippen LogP contribution in [-0.4, -0.2) is 42.4 Å². The molecule has 1 aliphatic rings. The molecule has 0 bridgehead atoms. The van der Waals surface area contributed by atoms with Gasteiger partial charge in [-0.1, -0.05) is 43.7 Å². The number of aryl methyl sites for hydroxylation is 1. The molecule has 0 spiro atoms. The lowest BCUT2D eigenvalue weighted by Crippen LogP contribution is -2.43. The summed E-state index contributed by atoms with van der Waals surface area (Å²) >= 11 is 0. The number of likely N-dealkylation sites (tertiary alicyclic amines) is 1. The van der Waals surface area contributed by atoms with Gasteiger partial charge in [-0.2, -0.15) is 0 Å². The predicted octanol–water partition coefficient (Wildman–Crippen LogP) is 2.85. The third-order valence-electron chi connectivity index (χ3n) is 4.11. The summed E-state index contributed by atoms with van der Waals surface area (Å²) in [5.74, 6) is 1.46. The zero-order valence-corrected chi connectivity index (χ0v) is 13.6. The van der Waals surface area contributed by atoms with Gasteiger partial charge in [0.15, 0.2) is 0 Å². The van der Waals surface area contributed by atoms with E-state index in [0.717, 1.165) is 37.0 Å². The molecule has 1 aromatic carbocycles.